The number of nitrogen functional groups attached to an aromatic ring is 1. The van der Waals surface area contributed by atoms with E-state index >= 15 is 0 Å². The van der Waals surface area contributed by atoms with Crippen LogP contribution in [0.3, 0.4) is 0 Å². The first-order valence-electron chi connectivity index (χ1n) is 10.0. The van der Waals surface area contributed by atoms with Gasteiger partial charge < -0.3 is 15.3 Å². The van der Waals surface area contributed by atoms with Crippen LogP contribution in [0.25, 0.3) is 22.6 Å². The van der Waals surface area contributed by atoms with Crippen LogP contribution in [-0.4, -0.2) is 16.4 Å². The highest BCUT2D eigenvalue weighted by atomic mass is 79.9. The minimum Gasteiger partial charge on any atom is -0.506 e. The Kier molecular flexibility index (Phi) is 13.8. The van der Waals surface area contributed by atoms with Gasteiger partial charge in [0.1, 0.15) is 17.6 Å². The van der Waals surface area contributed by atoms with E-state index in [0.717, 1.165) is 40.8 Å². The van der Waals surface area contributed by atoms with Crippen molar-refractivity contribution in [2.75, 3.05) is 5.73 Å². The average molecular weight is 758 g/mol. The molecule has 3 N–H and O–H groups in total. The van der Waals surface area contributed by atoms with Crippen LogP contribution in [0.2, 0.25) is 0 Å². The monoisotopic (exact) mass is 754 g/mol. The zero-order valence-corrected chi connectivity index (χ0v) is 24.3. The van der Waals surface area contributed by atoms with E-state index in [1.165, 1.54) is 0 Å². The Morgan fingerprint density at radius 3 is 1.76 bits per heavy atom. The SMILES string of the molecule is Brc1cc(Br)cc(-c2nc3ccccc3o2)c1.C.C.Nc1ccccc1O.O=Cc1cc(Br)cc(Br)c1. The van der Waals surface area contributed by atoms with Crippen LogP contribution >= 0.6 is 63.7 Å². The largest absolute Gasteiger partial charge is 0.506 e. The molecule has 4 aromatic carbocycles. The van der Waals surface area contributed by atoms with E-state index in [4.69, 9.17) is 15.3 Å². The molecule has 0 unspecified atom stereocenters. The summed E-state index contributed by atoms with van der Waals surface area (Å²) in [7, 11) is 0. The smallest absolute Gasteiger partial charge is 0.227 e. The highest BCUT2D eigenvalue weighted by Gasteiger charge is 2.08. The summed E-state index contributed by atoms with van der Waals surface area (Å²) in [6.45, 7) is 0. The molecule has 0 bridgehead atoms. The first-order chi connectivity index (χ1) is 16.7. The Morgan fingerprint density at radius 1 is 0.757 bits per heavy atom. The molecule has 1 heterocycles. The van der Waals surface area contributed by atoms with Gasteiger partial charge >= 0.3 is 0 Å². The van der Waals surface area contributed by atoms with Gasteiger partial charge in [0.15, 0.2) is 5.58 Å². The topological polar surface area (TPSA) is 89.3 Å². The lowest BCUT2D eigenvalue weighted by atomic mass is 10.2. The van der Waals surface area contributed by atoms with Gasteiger partial charge in [0.25, 0.3) is 0 Å². The van der Waals surface area contributed by atoms with Crippen LogP contribution in [0.1, 0.15) is 25.2 Å². The fraction of sp³-hybridized carbons (Fsp3) is 0.0714. The predicted molar refractivity (Wildman–Crippen MR) is 168 cm³/mol. The third-order valence-electron chi connectivity index (χ3n) is 4.36. The number of aromatic nitrogens is 1. The Bertz CT molecular complexity index is 1360. The molecule has 0 radical (unpaired) electrons. The zero-order chi connectivity index (χ0) is 25.4. The van der Waals surface area contributed by atoms with Crippen LogP contribution in [0.4, 0.5) is 5.69 Å². The van der Waals surface area contributed by atoms with Gasteiger partial charge in [-0.25, -0.2) is 4.98 Å². The molecule has 0 aliphatic rings. The zero-order valence-electron chi connectivity index (χ0n) is 18.0. The first kappa shape index (κ1) is 32.6. The van der Waals surface area contributed by atoms with E-state index < -0.39 is 0 Å². The number of para-hydroxylation sites is 4. The van der Waals surface area contributed by atoms with Gasteiger partial charge in [0.2, 0.25) is 5.89 Å². The summed E-state index contributed by atoms with van der Waals surface area (Å²) in [5, 5.41) is 8.79. The predicted octanol–water partition coefficient (Wildman–Crippen LogP) is 10.3. The molecule has 0 fully saturated rings. The summed E-state index contributed by atoms with van der Waals surface area (Å²) >= 11 is 13.4. The number of rotatable bonds is 2. The molecular weight excluding hydrogens is 732 g/mol. The Morgan fingerprint density at radius 2 is 1.27 bits per heavy atom. The number of carbonyl (C=O) groups is 1. The number of anilines is 1. The molecule has 9 heteroatoms. The number of carbonyl (C=O) groups excluding carboxylic acids is 1. The minimum atomic E-state index is 0. The molecule has 37 heavy (non-hydrogen) atoms. The summed E-state index contributed by atoms with van der Waals surface area (Å²) in [6.07, 6.45) is 0.815. The number of nitrogens with two attached hydrogens (primary N) is 1. The maximum absolute atomic E-state index is 10.3. The summed E-state index contributed by atoms with van der Waals surface area (Å²) in [5.74, 6) is 0.778. The van der Waals surface area contributed by atoms with Crippen molar-refractivity contribution in [2.45, 2.75) is 14.9 Å². The number of oxazole rings is 1. The van der Waals surface area contributed by atoms with E-state index in [1.807, 2.05) is 48.5 Å². The number of halogens is 4. The molecule has 0 atom stereocenters. The van der Waals surface area contributed by atoms with E-state index in [2.05, 4.69) is 68.7 Å². The molecular formula is C28H26Br4N2O3. The number of hydrogen-bond donors (Lipinski definition) is 2. The van der Waals surface area contributed by atoms with Gasteiger partial charge in [0, 0.05) is 29.0 Å². The Balaban J connectivity index is 0.000000295. The molecule has 0 saturated carbocycles. The molecule has 1 aromatic heterocycles. The van der Waals surface area contributed by atoms with Crippen molar-refractivity contribution in [1.29, 1.82) is 0 Å². The second-order valence-corrected chi connectivity index (χ2v) is 10.7. The molecule has 0 amide bonds. The normalized spacial score (nSPS) is 9.51. The quantitative estimate of drug-likeness (QED) is 0.106. The molecule has 0 aliphatic heterocycles. The fourth-order valence-corrected chi connectivity index (χ4v) is 5.43. The molecule has 5 rings (SSSR count). The van der Waals surface area contributed by atoms with Crippen molar-refractivity contribution in [1.82, 2.24) is 4.98 Å². The van der Waals surface area contributed by atoms with Crippen molar-refractivity contribution in [3.63, 3.8) is 0 Å². The van der Waals surface area contributed by atoms with Crippen LogP contribution < -0.4 is 5.73 Å². The average Bonchev–Trinajstić information content (AvgIpc) is 3.25. The summed E-state index contributed by atoms with van der Waals surface area (Å²) in [6, 6.07) is 25.8. The standard InChI is InChI=1S/C13H7Br2NO.C7H4Br2O.C6H7NO.2CH4/c14-9-5-8(6-10(15)7-9)13-16-11-3-1-2-4-12(11)17-13;8-6-1-5(4-10)2-7(9)3-6;7-5-3-1-2-4-6(5)8;;/h1-7H;1-4H;1-4,8H,7H2;2*1H4. The van der Waals surface area contributed by atoms with E-state index in [0.29, 0.717) is 17.1 Å². The van der Waals surface area contributed by atoms with Crippen molar-refractivity contribution in [2.24, 2.45) is 0 Å². The molecule has 0 saturated heterocycles. The minimum absolute atomic E-state index is 0. The van der Waals surface area contributed by atoms with Gasteiger partial charge in [-0.1, -0.05) is 103 Å². The second-order valence-electron chi connectivity index (χ2n) is 7.02. The number of aromatic hydroxyl groups is 1. The third-order valence-corrected chi connectivity index (χ3v) is 6.19. The number of benzene rings is 4. The van der Waals surface area contributed by atoms with Crippen LogP contribution in [0, 0.1) is 0 Å². The Labute approximate surface area is 250 Å². The fourth-order valence-electron chi connectivity index (χ4n) is 2.80. The van der Waals surface area contributed by atoms with Gasteiger partial charge in [-0.15, -0.1) is 0 Å². The van der Waals surface area contributed by atoms with E-state index in [-0.39, 0.29) is 20.6 Å². The number of phenolic OH excluding ortho intramolecular Hbond substituents is 1. The lowest BCUT2D eigenvalue weighted by Crippen LogP contribution is -1.82. The van der Waals surface area contributed by atoms with E-state index in [1.54, 1.807) is 36.4 Å². The van der Waals surface area contributed by atoms with Gasteiger partial charge in [-0.2, -0.15) is 0 Å². The number of hydrogen-bond acceptors (Lipinski definition) is 5. The number of aldehydes is 1. The van der Waals surface area contributed by atoms with Gasteiger partial charge in [-0.05, 0) is 60.7 Å². The molecule has 5 nitrogen and oxygen atoms in total. The molecule has 194 valence electrons. The van der Waals surface area contributed by atoms with Gasteiger partial charge in [-0.3, -0.25) is 4.79 Å². The number of fused-ring (bicyclic) bond motifs is 1. The lowest BCUT2D eigenvalue weighted by molar-refractivity contribution is 0.112. The summed E-state index contributed by atoms with van der Waals surface area (Å²) in [4.78, 5) is 14.7. The Hall–Kier alpha value is -2.46. The molecule has 5 aromatic rings. The van der Waals surface area contributed by atoms with Crippen molar-refractivity contribution < 1.29 is 14.3 Å². The van der Waals surface area contributed by atoms with Crippen molar-refractivity contribution >= 4 is 86.8 Å². The second kappa shape index (κ2) is 15.7. The summed E-state index contributed by atoms with van der Waals surface area (Å²) in [5.41, 5.74) is 8.99. The third kappa shape index (κ3) is 10.1. The maximum atomic E-state index is 10.3. The maximum Gasteiger partial charge on any atom is 0.227 e. The highest BCUT2D eigenvalue weighted by molar-refractivity contribution is 9.11. The highest BCUT2D eigenvalue weighted by Crippen LogP contribution is 2.29. The van der Waals surface area contributed by atoms with Crippen LogP contribution in [0.15, 0.2) is 107 Å². The number of nitrogens with zero attached hydrogens (tertiary/aromatic N) is 1. The van der Waals surface area contributed by atoms with Crippen molar-refractivity contribution in [3.8, 4) is 17.2 Å². The van der Waals surface area contributed by atoms with Crippen LogP contribution in [0.5, 0.6) is 5.75 Å². The first-order valence-corrected chi connectivity index (χ1v) is 13.2. The lowest BCUT2D eigenvalue weighted by Gasteiger charge is -1.98. The van der Waals surface area contributed by atoms with Gasteiger partial charge in [0.05, 0.1) is 5.69 Å². The number of phenols is 1. The van der Waals surface area contributed by atoms with E-state index in [9.17, 15) is 4.79 Å². The van der Waals surface area contributed by atoms with Crippen LogP contribution in [-0.2, 0) is 0 Å². The van der Waals surface area contributed by atoms with Crippen molar-refractivity contribution in [3.05, 3.63) is 108 Å². The molecule has 0 spiro atoms. The molecule has 0 aliphatic carbocycles. The summed E-state index contributed by atoms with van der Waals surface area (Å²) < 4.78 is 9.50.